The van der Waals surface area contributed by atoms with Crippen molar-refractivity contribution in [2.24, 2.45) is 0 Å². The number of amides is 1. The van der Waals surface area contributed by atoms with Crippen LogP contribution in [0.5, 0.6) is 0 Å². The molecule has 0 aromatic carbocycles. The zero-order valence-electron chi connectivity index (χ0n) is 37.0. The third kappa shape index (κ3) is 26.9. The highest BCUT2D eigenvalue weighted by Gasteiger charge is 2.44. The van der Waals surface area contributed by atoms with Gasteiger partial charge in [0.05, 0.1) is 25.4 Å². The monoisotopic (exact) mass is 830 g/mol. The second-order valence-corrected chi connectivity index (χ2v) is 17.2. The van der Waals surface area contributed by atoms with Crippen molar-refractivity contribution < 1.29 is 50.0 Å². The second-order valence-electron chi connectivity index (χ2n) is 17.2. The molecule has 0 saturated carbocycles. The van der Waals surface area contributed by atoms with Crippen molar-refractivity contribution in [1.29, 1.82) is 0 Å². The Morgan fingerprint density at radius 1 is 0.586 bits per heavy atom. The van der Waals surface area contributed by atoms with Gasteiger partial charge in [-0.15, -0.1) is 0 Å². The molecule has 0 radical (unpaired) electrons. The zero-order chi connectivity index (χ0) is 42.6. The van der Waals surface area contributed by atoms with Crippen molar-refractivity contribution in [3.8, 4) is 0 Å². The molecule has 1 aliphatic heterocycles. The van der Waals surface area contributed by atoms with Gasteiger partial charge in [-0.1, -0.05) is 187 Å². The summed E-state index contributed by atoms with van der Waals surface area (Å²) < 4.78 is 11.1. The predicted molar refractivity (Wildman–Crippen MR) is 233 cm³/mol. The lowest BCUT2D eigenvalue weighted by Gasteiger charge is -2.40. The molecule has 1 heterocycles. The molecule has 0 unspecified atom stereocenters. The number of hydrogen-bond donors (Lipinski definition) is 8. The largest absolute Gasteiger partial charge is 0.394 e. The first-order valence-electron chi connectivity index (χ1n) is 24.1. The number of carbonyl (C=O) groups is 1. The van der Waals surface area contributed by atoms with E-state index in [1.165, 1.54) is 135 Å². The van der Waals surface area contributed by atoms with Crippen LogP contribution in [0.1, 0.15) is 213 Å². The predicted octanol–water partition coefficient (Wildman–Crippen LogP) is 8.06. The minimum absolute atomic E-state index is 0.261. The van der Waals surface area contributed by atoms with E-state index in [1.807, 2.05) is 0 Å². The van der Waals surface area contributed by atoms with Crippen molar-refractivity contribution in [3.05, 3.63) is 12.2 Å². The molecule has 1 aliphatic rings. The topological polar surface area (TPSA) is 189 Å². The van der Waals surface area contributed by atoms with Crippen molar-refractivity contribution in [3.63, 3.8) is 0 Å². The number of nitrogens with one attached hydrogen (secondary N) is 1. The van der Waals surface area contributed by atoms with Crippen LogP contribution in [-0.2, 0) is 14.3 Å². The Morgan fingerprint density at radius 2 is 1.00 bits per heavy atom. The molecule has 11 nitrogen and oxygen atoms in total. The Kier molecular flexibility index (Phi) is 35.6. The molecule has 0 spiro atoms. The molecule has 344 valence electrons. The first-order chi connectivity index (χ1) is 28.2. The third-order valence-corrected chi connectivity index (χ3v) is 11.8. The highest BCUT2D eigenvalue weighted by atomic mass is 16.7. The van der Waals surface area contributed by atoms with Crippen molar-refractivity contribution in [2.75, 3.05) is 13.2 Å². The molecule has 0 bridgehead atoms. The maximum absolute atomic E-state index is 13.1. The lowest BCUT2D eigenvalue weighted by molar-refractivity contribution is -0.303. The normalized spacial score (nSPS) is 22.0. The summed E-state index contributed by atoms with van der Waals surface area (Å²) >= 11 is 0. The number of ether oxygens (including phenoxy) is 2. The molecule has 0 aromatic rings. The average Bonchev–Trinajstić information content (AvgIpc) is 3.22. The van der Waals surface area contributed by atoms with Gasteiger partial charge in [-0.05, 0) is 38.5 Å². The van der Waals surface area contributed by atoms with Crippen LogP contribution in [0, 0.1) is 0 Å². The minimum atomic E-state index is -1.66. The van der Waals surface area contributed by atoms with E-state index in [0.29, 0.717) is 19.3 Å². The van der Waals surface area contributed by atoms with E-state index >= 15 is 0 Å². The summed E-state index contributed by atoms with van der Waals surface area (Å²) in [7, 11) is 0. The van der Waals surface area contributed by atoms with Crippen molar-refractivity contribution in [2.45, 2.75) is 268 Å². The molecule has 1 amide bonds. The fourth-order valence-corrected chi connectivity index (χ4v) is 7.79. The van der Waals surface area contributed by atoms with E-state index in [4.69, 9.17) is 9.47 Å². The maximum atomic E-state index is 13.1. The van der Waals surface area contributed by atoms with Gasteiger partial charge < -0.3 is 50.5 Å². The Balaban J connectivity index is 2.39. The van der Waals surface area contributed by atoms with Crippen LogP contribution in [0.2, 0.25) is 0 Å². The lowest BCUT2D eigenvalue weighted by atomic mass is 9.98. The third-order valence-electron chi connectivity index (χ3n) is 11.8. The molecule has 58 heavy (non-hydrogen) atoms. The minimum Gasteiger partial charge on any atom is -0.394 e. The molecular weight excluding hydrogens is 739 g/mol. The van der Waals surface area contributed by atoms with E-state index in [9.17, 15) is 40.5 Å². The molecule has 8 N–H and O–H groups in total. The van der Waals surface area contributed by atoms with Crippen LogP contribution in [-0.4, -0.2) is 110 Å². The SMILES string of the molecule is CCCCCCCC/C=C\CCCCCCCCCCCC[C@@H](O)C(=O)N[C@@H](CO[C@@H]1O[C@H](CO)[C@@H](O)[C@H](O)[C@H]1O)[C@@H](O)[C@@H](O)CCCCCCCCCCCCC. The van der Waals surface area contributed by atoms with E-state index in [2.05, 4.69) is 31.3 Å². The first kappa shape index (κ1) is 54.9. The summed E-state index contributed by atoms with van der Waals surface area (Å²) in [4.78, 5) is 13.1. The second kappa shape index (κ2) is 37.6. The fourth-order valence-electron chi connectivity index (χ4n) is 7.79. The highest BCUT2D eigenvalue weighted by Crippen LogP contribution is 2.23. The van der Waals surface area contributed by atoms with Gasteiger partial charge in [0.2, 0.25) is 5.91 Å². The molecule has 0 aromatic heterocycles. The lowest BCUT2D eigenvalue weighted by Crippen LogP contribution is -2.60. The van der Waals surface area contributed by atoms with E-state index in [0.717, 1.165) is 38.5 Å². The number of aliphatic hydroxyl groups excluding tert-OH is 7. The highest BCUT2D eigenvalue weighted by molar-refractivity contribution is 5.80. The number of hydrogen-bond acceptors (Lipinski definition) is 10. The molecule has 11 heteroatoms. The number of carbonyl (C=O) groups excluding carboxylic acids is 1. The van der Waals surface area contributed by atoms with Crippen LogP contribution in [0.3, 0.4) is 0 Å². The number of aliphatic hydroxyl groups is 7. The standard InChI is InChI=1S/C47H91NO10/c1-3-5-7-9-11-13-15-16-17-18-19-20-21-22-23-25-27-29-31-33-35-40(51)46(56)48-38(37-57-47-45(55)44(54)43(53)41(36-49)58-47)42(52)39(50)34-32-30-28-26-24-14-12-10-8-6-4-2/h16-17,38-45,47,49-55H,3-15,18-37H2,1-2H3,(H,48,56)/b17-16-/t38-,39-,40+,41+,42+,43+,44-,45+,47+/m0/s1. The molecule has 1 fully saturated rings. The van der Waals surface area contributed by atoms with E-state index in [-0.39, 0.29) is 6.42 Å². The van der Waals surface area contributed by atoms with Crippen LogP contribution < -0.4 is 5.32 Å². The molecule has 0 aliphatic carbocycles. The van der Waals surface area contributed by atoms with Gasteiger partial charge in [0.1, 0.15) is 36.6 Å². The summed E-state index contributed by atoms with van der Waals surface area (Å²) in [6.07, 6.45) is 28.3. The number of allylic oxidation sites excluding steroid dienone is 2. The number of unbranched alkanes of at least 4 members (excludes halogenated alkanes) is 26. The van der Waals surface area contributed by atoms with Gasteiger partial charge in [-0.3, -0.25) is 4.79 Å². The van der Waals surface area contributed by atoms with Gasteiger partial charge >= 0.3 is 0 Å². The van der Waals surface area contributed by atoms with Crippen molar-refractivity contribution in [1.82, 2.24) is 5.32 Å². The first-order valence-corrected chi connectivity index (χ1v) is 24.1. The summed E-state index contributed by atoms with van der Waals surface area (Å²) in [5.41, 5.74) is 0. The Labute approximate surface area is 353 Å². The quantitative estimate of drug-likeness (QED) is 0.0222. The molecule has 9 atom stereocenters. The molecule has 1 rings (SSSR count). The summed E-state index contributed by atoms with van der Waals surface area (Å²) in [5.74, 6) is -0.698. The Morgan fingerprint density at radius 3 is 1.45 bits per heavy atom. The summed E-state index contributed by atoms with van der Waals surface area (Å²) in [6.45, 7) is 3.43. The van der Waals surface area contributed by atoms with Crippen LogP contribution in [0.4, 0.5) is 0 Å². The molecular formula is C47H91NO10. The van der Waals surface area contributed by atoms with Gasteiger partial charge in [-0.2, -0.15) is 0 Å². The fraction of sp³-hybridized carbons (Fsp3) is 0.936. The van der Waals surface area contributed by atoms with Crippen LogP contribution in [0.15, 0.2) is 12.2 Å². The molecule has 1 saturated heterocycles. The van der Waals surface area contributed by atoms with E-state index < -0.39 is 74.2 Å². The van der Waals surface area contributed by atoms with Crippen LogP contribution >= 0.6 is 0 Å². The maximum Gasteiger partial charge on any atom is 0.249 e. The summed E-state index contributed by atoms with van der Waals surface area (Å²) in [5, 5.41) is 75.6. The Hall–Kier alpha value is -1.15. The zero-order valence-corrected chi connectivity index (χ0v) is 37.0. The smallest absolute Gasteiger partial charge is 0.249 e. The number of rotatable bonds is 40. The van der Waals surface area contributed by atoms with Gasteiger partial charge in [0, 0.05) is 0 Å². The van der Waals surface area contributed by atoms with Gasteiger partial charge in [0.25, 0.3) is 0 Å². The average molecular weight is 830 g/mol. The van der Waals surface area contributed by atoms with E-state index in [1.54, 1.807) is 0 Å². The van der Waals surface area contributed by atoms with Gasteiger partial charge in [-0.25, -0.2) is 0 Å². The van der Waals surface area contributed by atoms with Crippen LogP contribution in [0.25, 0.3) is 0 Å². The van der Waals surface area contributed by atoms with Crippen molar-refractivity contribution >= 4 is 5.91 Å². The Bertz CT molecular complexity index is 954. The van der Waals surface area contributed by atoms with Gasteiger partial charge in [0.15, 0.2) is 6.29 Å². The summed E-state index contributed by atoms with van der Waals surface area (Å²) in [6, 6.07) is -1.16.